The highest BCUT2D eigenvalue weighted by atomic mass is 32.2. The number of benzene rings is 4. The molecule has 704 valence electrons. The van der Waals surface area contributed by atoms with Crippen molar-refractivity contribution in [2.45, 2.75) is 488 Å². The van der Waals surface area contributed by atoms with Gasteiger partial charge in [0.1, 0.15) is 46.0 Å². The van der Waals surface area contributed by atoms with Crippen molar-refractivity contribution in [2.75, 3.05) is 73.2 Å². The summed E-state index contributed by atoms with van der Waals surface area (Å²) in [6.45, 7) is 9.61. The van der Waals surface area contributed by atoms with Gasteiger partial charge in [0, 0.05) is 92.4 Å². The van der Waals surface area contributed by atoms with Gasteiger partial charge in [-0.2, -0.15) is 47.0 Å². The van der Waals surface area contributed by atoms with E-state index in [1.54, 1.807) is 0 Å². The van der Waals surface area contributed by atoms with Crippen LogP contribution < -0.4 is 37.9 Å². The number of hydrogen-bond donors (Lipinski definition) is 0. The average molecular weight is 1790 g/mol. The first-order valence-corrected chi connectivity index (χ1v) is 58.3. The smallest absolute Gasteiger partial charge is 0.230 e. The minimum atomic E-state index is 0.00804. The maximum absolute atomic E-state index is 6.97. The fourth-order valence-electron chi connectivity index (χ4n) is 20.3. The van der Waals surface area contributed by atoms with E-state index in [-0.39, 0.29) is 50.8 Å². The maximum Gasteiger partial charge on any atom is 0.230 e. The second-order valence-electron chi connectivity index (χ2n) is 38.4. The molecule has 8 bridgehead atoms. The zero-order valence-electron chi connectivity index (χ0n) is 80.4. The minimum Gasteiger partial charge on any atom is -0.457 e. The summed E-state index contributed by atoms with van der Waals surface area (Å²) in [7, 11) is 0. The van der Waals surface area contributed by atoms with Crippen LogP contribution in [0.25, 0.3) is 0 Å². The molecular formula is C112H184O8S4. The molecule has 0 spiro atoms. The maximum atomic E-state index is 6.97. The summed E-state index contributed by atoms with van der Waals surface area (Å²) < 4.78 is 55.8. The Balaban J connectivity index is 0.946. The van der Waals surface area contributed by atoms with Gasteiger partial charge >= 0.3 is 0 Å². The largest absolute Gasteiger partial charge is 0.457 e. The van der Waals surface area contributed by atoms with Crippen LogP contribution in [-0.4, -0.2) is 73.2 Å². The molecule has 0 radical (unpaired) electrons. The number of rotatable bonds is 80. The Hall–Kier alpha value is -3.32. The van der Waals surface area contributed by atoms with Crippen LogP contribution in [0.15, 0.2) is 48.5 Å². The second kappa shape index (κ2) is 68.7. The van der Waals surface area contributed by atoms with Crippen molar-refractivity contribution in [1.82, 2.24) is 0 Å². The number of ether oxygens (including phenoxy) is 8. The number of hydrogen-bond acceptors (Lipinski definition) is 12. The van der Waals surface area contributed by atoms with Crippen molar-refractivity contribution < 1.29 is 37.9 Å². The second-order valence-corrected chi connectivity index (χ2v) is 43.3. The lowest BCUT2D eigenvalue weighted by Crippen LogP contribution is -2.22. The van der Waals surface area contributed by atoms with Crippen LogP contribution in [0.3, 0.4) is 0 Å². The standard InChI is InChI=1S/C112H184O8S4/c1-5-9-13-17-21-37-49-61-73-121-77-65-53-41-29-25-33-45-57-69-93-97-81-99-94(70-58-46-34-26-30-42-54-66-78-122-74-62-50-38-22-18-14-10-6-2)101-83-103-96(72-60-48-36-28-32-44-56-68-80-124-76-64-52-40-24-20-16-12-8-4)104-84-102-95(71-59-47-35-27-31-43-55-67-79-123-75-63-51-39-23-19-15-11-7-3)100-82-98(93)106-86-108(100)116-91-118-110(102)88-112(104)120-92-119-111(103)87-109(101)117-90-115-107(99)85-105(97)113-89-114-106/h81-88,93-96H,5-80,89-92H2,1-4H3. The summed E-state index contributed by atoms with van der Waals surface area (Å²) in [5.41, 5.74) is 10.0. The van der Waals surface area contributed by atoms with E-state index >= 15 is 0 Å². The molecule has 0 N–H and O–H groups in total. The van der Waals surface area contributed by atoms with Gasteiger partial charge in [0.15, 0.2) is 0 Å². The van der Waals surface area contributed by atoms with Crippen molar-refractivity contribution in [3.05, 3.63) is 93.0 Å². The number of thioether (sulfide) groups is 4. The molecule has 124 heavy (non-hydrogen) atoms. The van der Waals surface area contributed by atoms with Crippen LogP contribution in [0.5, 0.6) is 46.0 Å². The van der Waals surface area contributed by atoms with Gasteiger partial charge < -0.3 is 37.9 Å². The van der Waals surface area contributed by atoms with Crippen LogP contribution in [0, 0.1) is 0 Å². The molecule has 4 aromatic carbocycles. The molecule has 0 saturated carbocycles. The molecule has 4 aromatic rings. The van der Waals surface area contributed by atoms with E-state index in [1.807, 2.05) is 0 Å². The zero-order chi connectivity index (χ0) is 86.3. The van der Waals surface area contributed by atoms with Gasteiger partial charge in [-0.3, -0.25) is 0 Å². The predicted molar refractivity (Wildman–Crippen MR) is 544 cm³/mol. The van der Waals surface area contributed by atoms with Crippen LogP contribution in [-0.2, 0) is 0 Å². The molecule has 1 aliphatic carbocycles. The SMILES string of the molecule is CCCCCCCCCCSCCCCCCCCCCC1c2cc3c4cc2OCOc2cc5c(cc21)C(CCCCCCCCCCSCCCCCCCCCC)c1cc2c(cc1OCO5)OCOc1cc(c(cc1C2CCCCCCCCCCSCCCCCCCCCC)C3CCCCCCCCCCSCCCCCCCCCC)OCO4. The fraction of sp³-hybridized carbons (Fsp3) is 0.786. The van der Waals surface area contributed by atoms with Crippen LogP contribution in [0.2, 0.25) is 0 Å². The van der Waals surface area contributed by atoms with E-state index in [4.69, 9.17) is 37.9 Å². The minimum absolute atomic E-state index is 0.00804. The third-order valence-corrected chi connectivity index (χ3v) is 32.6. The topological polar surface area (TPSA) is 73.8 Å². The molecule has 8 nitrogen and oxygen atoms in total. The van der Waals surface area contributed by atoms with Crippen LogP contribution >= 0.6 is 47.0 Å². The Bertz CT molecular complexity index is 2780. The monoisotopic (exact) mass is 1790 g/mol. The lowest BCUT2D eigenvalue weighted by atomic mass is 9.76. The molecule has 0 unspecified atom stereocenters. The van der Waals surface area contributed by atoms with E-state index in [0.29, 0.717) is 0 Å². The molecular weight excluding hydrogens is 1600 g/mol. The fourth-order valence-corrected chi connectivity index (χ4v) is 24.4. The highest BCUT2D eigenvalue weighted by molar-refractivity contribution is 7.99. The summed E-state index contributed by atoms with van der Waals surface area (Å²) in [5, 5.41) is 0. The molecule has 0 atom stereocenters. The highest BCUT2D eigenvalue weighted by Gasteiger charge is 2.38. The van der Waals surface area contributed by atoms with E-state index in [0.717, 1.165) is 97.4 Å². The summed E-state index contributed by atoms with van der Waals surface area (Å²) in [6.07, 6.45) is 90.2. The molecule has 12 heteroatoms. The van der Waals surface area contributed by atoms with Gasteiger partial charge in [-0.15, -0.1) is 0 Å². The summed E-state index contributed by atoms with van der Waals surface area (Å²) in [5.74, 6) is 17.6. The predicted octanol–water partition coefficient (Wildman–Crippen LogP) is 37.0. The molecule has 5 aliphatic rings. The van der Waals surface area contributed by atoms with Gasteiger partial charge in [0.2, 0.25) is 27.2 Å². The molecule has 0 aromatic heterocycles. The van der Waals surface area contributed by atoms with Gasteiger partial charge in [-0.1, -0.05) is 387 Å². The Morgan fingerprint density at radius 1 is 0.161 bits per heavy atom. The Morgan fingerprint density at radius 3 is 0.419 bits per heavy atom. The van der Waals surface area contributed by atoms with Gasteiger partial charge in [0.05, 0.1) is 0 Å². The third-order valence-electron chi connectivity index (χ3n) is 28.0. The first-order chi connectivity index (χ1) is 61.6. The van der Waals surface area contributed by atoms with Gasteiger partial charge in [-0.25, -0.2) is 0 Å². The lowest BCUT2D eigenvalue weighted by Gasteiger charge is -2.35. The normalized spacial score (nSPS) is 16.0. The molecule has 4 heterocycles. The van der Waals surface area contributed by atoms with E-state index in [2.05, 4.69) is 123 Å². The zero-order valence-corrected chi connectivity index (χ0v) is 83.7. The van der Waals surface area contributed by atoms with Crippen LogP contribution in [0.1, 0.15) is 532 Å². The highest BCUT2D eigenvalue weighted by Crippen LogP contribution is 2.56. The Labute approximate surface area is 779 Å². The number of unbranched alkanes of at least 4 members (excludes halogenated alkanes) is 56. The molecule has 0 fully saturated rings. The van der Waals surface area contributed by atoms with Gasteiger partial charge in [0.25, 0.3) is 0 Å². The Kier molecular flexibility index (Phi) is 57.8. The molecule has 0 amide bonds. The van der Waals surface area contributed by atoms with Gasteiger partial charge in [-0.05, 0) is 147 Å². The molecule has 9 rings (SSSR count). The Morgan fingerprint density at radius 2 is 0.282 bits per heavy atom. The van der Waals surface area contributed by atoms with Crippen molar-refractivity contribution in [2.24, 2.45) is 0 Å². The lowest BCUT2D eigenvalue weighted by molar-refractivity contribution is 0.0985. The molecule has 0 saturated heterocycles. The third kappa shape index (κ3) is 40.8. The first kappa shape index (κ1) is 104. The summed E-state index contributed by atoms with van der Waals surface area (Å²) in [4.78, 5) is 0. The average Bonchev–Trinajstić information content (AvgIpc) is 0.737. The first-order valence-electron chi connectivity index (χ1n) is 53.6. The van der Waals surface area contributed by atoms with E-state index in [1.165, 1.54) is 476 Å². The van der Waals surface area contributed by atoms with Crippen molar-refractivity contribution in [1.29, 1.82) is 0 Å². The van der Waals surface area contributed by atoms with Crippen LogP contribution in [0.4, 0.5) is 0 Å². The van der Waals surface area contributed by atoms with E-state index in [9.17, 15) is 0 Å². The quantitative estimate of drug-likeness (QED) is 0.0395. The van der Waals surface area contributed by atoms with Crippen molar-refractivity contribution in [3.63, 3.8) is 0 Å². The van der Waals surface area contributed by atoms with E-state index < -0.39 is 0 Å². The molecule has 4 aliphatic heterocycles. The summed E-state index contributed by atoms with van der Waals surface area (Å²) >= 11 is 8.82. The summed E-state index contributed by atoms with van der Waals surface area (Å²) in [6, 6.07) is 19.3. The van der Waals surface area contributed by atoms with Crippen molar-refractivity contribution >= 4 is 47.0 Å². The van der Waals surface area contributed by atoms with Crippen molar-refractivity contribution in [3.8, 4) is 46.0 Å².